The molecule has 1 spiro atoms. The molecule has 146 valence electrons. The fourth-order valence-electron chi connectivity index (χ4n) is 3.66. The van der Waals surface area contributed by atoms with E-state index in [2.05, 4.69) is 22.3 Å². The summed E-state index contributed by atoms with van der Waals surface area (Å²) in [4.78, 5) is 29.6. The highest BCUT2D eigenvalue weighted by molar-refractivity contribution is 7.13. The van der Waals surface area contributed by atoms with Crippen LogP contribution >= 0.6 is 11.3 Å². The van der Waals surface area contributed by atoms with Crippen LogP contribution in [0.1, 0.15) is 38.3 Å². The Morgan fingerprint density at radius 2 is 2.14 bits per heavy atom. The zero-order valence-corrected chi connectivity index (χ0v) is 16.7. The molecule has 2 fully saturated rings. The minimum Gasteiger partial charge on any atom is -0.497 e. The van der Waals surface area contributed by atoms with Gasteiger partial charge >= 0.3 is 6.03 Å². The molecule has 1 aliphatic heterocycles. The van der Waals surface area contributed by atoms with E-state index in [1.807, 2.05) is 29.6 Å². The van der Waals surface area contributed by atoms with Crippen molar-refractivity contribution in [1.82, 2.24) is 15.3 Å². The normalized spacial score (nSPS) is 24.9. The minimum absolute atomic E-state index is 0.260. The lowest BCUT2D eigenvalue weighted by Crippen LogP contribution is -2.49. The first-order valence-corrected chi connectivity index (χ1v) is 10.2. The number of carbonyl (C=O) groups excluding carboxylic acids is 2. The van der Waals surface area contributed by atoms with Crippen LogP contribution in [-0.2, 0) is 4.79 Å². The molecule has 2 aromatic rings. The molecule has 2 heterocycles. The number of ether oxygens (including phenoxy) is 1. The summed E-state index contributed by atoms with van der Waals surface area (Å²) in [6.07, 6.45) is 4.66. The van der Waals surface area contributed by atoms with Gasteiger partial charge in [-0.25, -0.2) is 9.78 Å². The third-order valence-corrected chi connectivity index (χ3v) is 6.32. The standard InChI is InChI=1S/C20H22N4O3S/c1-13-6-8-20(9-7-13)18(25)24(19(26)23-20)21-11-15-12-28-17(22-15)14-4-3-5-16(10-14)27-2/h3-5,10-13H,6-9H2,1-2H3,(H,23,26)/b21-11-. The van der Waals surface area contributed by atoms with Crippen LogP contribution in [-0.4, -0.2) is 40.8 Å². The Hall–Kier alpha value is -2.74. The number of carbonyl (C=O) groups is 2. The maximum absolute atomic E-state index is 12.8. The van der Waals surface area contributed by atoms with Crippen molar-refractivity contribution in [2.75, 3.05) is 7.11 Å². The van der Waals surface area contributed by atoms with E-state index in [1.165, 1.54) is 17.6 Å². The summed E-state index contributed by atoms with van der Waals surface area (Å²) < 4.78 is 5.24. The number of benzene rings is 1. The Morgan fingerprint density at radius 3 is 2.89 bits per heavy atom. The van der Waals surface area contributed by atoms with Crippen molar-refractivity contribution in [2.24, 2.45) is 11.0 Å². The largest absolute Gasteiger partial charge is 0.497 e. The number of hydrogen-bond acceptors (Lipinski definition) is 6. The van der Waals surface area contributed by atoms with E-state index in [4.69, 9.17) is 4.74 Å². The molecule has 1 saturated carbocycles. The minimum atomic E-state index is -0.783. The first-order valence-electron chi connectivity index (χ1n) is 9.31. The lowest BCUT2D eigenvalue weighted by atomic mass is 9.77. The fraction of sp³-hybridized carbons (Fsp3) is 0.400. The number of amides is 3. The maximum atomic E-state index is 12.8. The lowest BCUT2D eigenvalue weighted by molar-refractivity contribution is -0.132. The summed E-state index contributed by atoms with van der Waals surface area (Å²) in [5.41, 5.74) is 0.755. The lowest BCUT2D eigenvalue weighted by Gasteiger charge is -2.33. The summed E-state index contributed by atoms with van der Waals surface area (Å²) >= 11 is 1.47. The zero-order chi connectivity index (χ0) is 19.7. The molecule has 0 unspecified atom stereocenters. The highest BCUT2D eigenvalue weighted by Gasteiger charge is 2.52. The molecule has 1 N–H and O–H groups in total. The number of nitrogens with zero attached hydrogens (tertiary/aromatic N) is 3. The monoisotopic (exact) mass is 398 g/mol. The predicted octanol–water partition coefficient (Wildman–Crippen LogP) is 3.65. The highest BCUT2D eigenvalue weighted by Crippen LogP contribution is 2.36. The van der Waals surface area contributed by atoms with E-state index in [1.54, 1.807) is 7.11 Å². The number of aromatic nitrogens is 1. The number of hydrazone groups is 1. The van der Waals surface area contributed by atoms with Crippen molar-refractivity contribution in [1.29, 1.82) is 0 Å². The van der Waals surface area contributed by atoms with Crippen molar-refractivity contribution in [2.45, 2.75) is 38.1 Å². The van der Waals surface area contributed by atoms with Crippen molar-refractivity contribution in [3.05, 3.63) is 35.3 Å². The van der Waals surface area contributed by atoms with Gasteiger partial charge in [0.2, 0.25) is 0 Å². The maximum Gasteiger partial charge on any atom is 0.346 e. The van der Waals surface area contributed by atoms with Crippen molar-refractivity contribution in [3.8, 4) is 16.3 Å². The van der Waals surface area contributed by atoms with Gasteiger partial charge in [0.15, 0.2) is 0 Å². The number of imide groups is 1. The van der Waals surface area contributed by atoms with Gasteiger partial charge in [-0.2, -0.15) is 5.10 Å². The summed E-state index contributed by atoms with van der Waals surface area (Å²) in [7, 11) is 1.62. The van der Waals surface area contributed by atoms with Crippen LogP contribution in [0.5, 0.6) is 5.75 Å². The third kappa shape index (κ3) is 3.40. The summed E-state index contributed by atoms with van der Waals surface area (Å²) in [5.74, 6) is 1.08. The van der Waals surface area contributed by atoms with E-state index in [-0.39, 0.29) is 5.91 Å². The van der Waals surface area contributed by atoms with Gasteiger partial charge in [-0.1, -0.05) is 19.1 Å². The number of thiazole rings is 1. The van der Waals surface area contributed by atoms with Crippen LogP contribution in [0.25, 0.3) is 10.6 Å². The molecular formula is C20H22N4O3S. The van der Waals surface area contributed by atoms with Crippen LogP contribution in [0.2, 0.25) is 0 Å². The number of rotatable bonds is 4. The molecule has 28 heavy (non-hydrogen) atoms. The molecule has 7 nitrogen and oxygen atoms in total. The van der Waals surface area contributed by atoms with Gasteiger partial charge in [0, 0.05) is 10.9 Å². The van der Waals surface area contributed by atoms with Gasteiger partial charge < -0.3 is 10.1 Å². The van der Waals surface area contributed by atoms with Gasteiger partial charge in [0.25, 0.3) is 5.91 Å². The van der Waals surface area contributed by atoms with E-state index in [0.717, 1.165) is 34.2 Å². The van der Waals surface area contributed by atoms with Crippen LogP contribution in [0.3, 0.4) is 0 Å². The molecule has 8 heteroatoms. The second-order valence-corrected chi connectivity index (χ2v) is 8.22. The molecule has 1 saturated heterocycles. The van der Waals surface area contributed by atoms with Crippen LogP contribution in [0, 0.1) is 5.92 Å². The van der Waals surface area contributed by atoms with Gasteiger partial charge in [0.1, 0.15) is 16.3 Å². The van der Waals surface area contributed by atoms with Crippen LogP contribution < -0.4 is 10.1 Å². The van der Waals surface area contributed by atoms with Gasteiger partial charge in [-0.15, -0.1) is 16.3 Å². The van der Waals surface area contributed by atoms with E-state index in [9.17, 15) is 9.59 Å². The average Bonchev–Trinajstić information content (AvgIpc) is 3.27. The number of hydrogen-bond donors (Lipinski definition) is 1. The van der Waals surface area contributed by atoms with Gasteiger partial charge in [-0.05, 0) is 43.7 Å². The molecule has 1 aliphatic carbocycles. The Balaban J connectivity index is 1.49. The summed E-state index contributed by atoms with van der Waals surface area (Å²) in [6, 6.07) is 7.18. The number of methoxy groups -OCH3 is 1. The molecule has 1 aromatic heterocycles. The zero-order valence-electron chi connectivity index (χ0n) is 15.8. The highest BCUT2D eigenvalue weighted by atomic mass is 32.1. The molecule has 4 rings (SSSR count). The SMILES string of the molecule is COc1cccc(-c2nc(/C=N\N3C(=O)NC4(CCC(C)CC4)C3=O)cs2)c1. The smallest absolute Gasteiger partial charge is 0.346 e. The number of urea groups is 1. The van der Waals surface area contributed by atoms with Gasteiger partial charge in [0.05, 0.1) is 19.0 Å². The quantitative estimate of drug-likeness (QED) is 0.629. The molecule has 1 aromatic carbocycles. The Kier molecular flexibility index (Phi) is 4.89. The van der Waals surface area contributed by atoms with Crippen LogP contribution in [0.15, 0.2) is 34.7 Å². The molecule has 2 aliphatic rings. The molecule has 0 bridgehead atoms. The van der Waals surface area contributed by atoms with Crippen molar-refractivity contribution in [3.63, 3.8) is 0 Å². The topological polar surface area (TPSA) is 83.9 Å². The fourth-order valence-corrected chi connectivity index (χ4v) is 4.42. The second-order valence-electron chi connectivity index (χ2n) is 7.37. The van der Waals surface area contributed by atoms with Crippen molar-refractivity contribution >= 4 is 29.5 Å². The van der Waals surface area contributed by atoms with Gasteiger partial charge in [-0.3, -0.25) is 4.79 Å². The molecular weight excluding hydrogens is 376 g/mol. The summed E-state index contributed by atoms with van der Waals surface area (Å²) in [6.45, 7) is 2.17. The van der Waals surface area contributed by atoms with Crippen LogP contribution in [0.4, 0.5) is 4.79 Å². The Labute approximate surface area is 167 Å². The molecule has 3 amide bonds. The van der Waals surface area contributed by atoms with E-state index in [0.29, 0.717) is 24.5 Å². The Morgan fingerprint density at radius 1 is 1.36 bits per heavy atom. The average molecular weight is 398 g/mol. The molecule has 0 atom stereocenters. The predicted molar refractivity (Wildman–Crippen MR) is 107 cm³/mol. The molecule has 0 radical (unpaired) electrons. The van der Waals surface area contributed by atoms with Crippen molar-refractivity contribution < 1.29 is 14.3 Å². The summed E-state index contributed by atoms with van der Waals surface area (Å²) in [5, 5.41) is 10.6. The van der Waals surface area contributed by atoms with E-state index >= 15 is 0 Å². The first kappa shape index (κ1) is 18.6. The first-order chi connectivity index (χ1) is 13.5. The second kappa shape index (κ2) is 7.35. The Bertz CT molecular complexity index is 931. The third-order valence-electron chi connectivity index (χ3n) is 5.41. The van der Waals surface area contributed by atoms with E-state index < -0.39 is 11.6 Å². The number of nitrogens with one attached hydrogen (secondary N) is 1.